The van der Waals surface area contributed by atoms with Crippen LogP contribution >= 0.6 is 11.3 Å². The lowest BCUT2D eigenvalue weighted by molar-refractivity contribution is -0.130. The largest absolute Gasteiger partial charge is 0.340 e. The van der Waals surface area contributed by atoms with E-state index in [4.69, 9.17) is 4.98 Å². The number of anilines is 1. The number of nitrogens with one attached hydrogen (secondary N) is 1. The zero-order valence-electron chi connectivity index (χ0n) is 15.3. The number of aromatic nitrogens is 1. The van der Waals surface area contributed by atoms with Crippen molar-refractivity contribution in [1.29, 1.82) is 0 Å². The molecule has 1 aromatic heterocycles. The Morgan fingerprint density at radius 3 is 2.77 bits per heavy atom. The molecule has 1 fully saturated rings. The van der Waals surface area contributed by atoms with Crippen LogP contribution in [0, 0.1) is 0 Å². The minimum absolute atomic E-state index is 0.187. The van der Waals surface area contributed by atoms with Crippen molar-refractivity contribution in [3.05, 3.63) is 36.0 Å². The van der Waals surface area contributed by atoms with E-state index in [-0.39, 0.29) is 5.91 Å². The lowest BCUT2D eigenvalue weighted by atomic mass is 10.1. The molecule has 0 aliphatic carbocycles. The van der Waals surface area contributed by atoms with E-state index in [9.17, 15) is 4.79 Å². The second kappa shape index (κ2) is 7.34. The van der Waals surface area contributed by atoms with Gasteiger partial charge >= 0.3 is 0 Å². The van der Waals surface area contributed by atoms with Gasteiger partial charge in [0.1, 0.15) is 0 Å². The first-order valence-corrected chi connectivity index (χ1v) is 9.99. The summed E-state index contributed by atoms with van der Waals surface area (Å²) in [5, 5.41) is 3.06. The Balaban J connectivity index is 1.32. The monoisotopic (exact) mass is 371 g/mol. The maximum atomic E-state index is 11.4. The van der Waals surface area contributed by atoms with Crippen LogP contribution in [0.3, 0.4) is 0 Å². The molecule has 1 unspecified atom stereocenters. The fourth-order valence-corrected chi connectivity index (χ4v) is 4.47. The zero-order valence-corrected chi connectivity index (χ0v) is 16.1. The lowest BCUT2D eigenvalue weighted by Gasteiger charge is -2.34. The Kier molecular flexibility index (Phi) is 4.93. The number of carbonyl (C=O) groups is 1. The number of hydrazine groups is 1. The Morgan fingerprint density at radius 2 is 2.04 bits per heavy atom. The van der Waals surface area contributed by atoms with Crippen molar-refractivity contribution in [1.82, 2.24) is 20.2 Å². The van der Waals surface area contributed by atoms with E-state index < -0.39 is 0 Å². The molecule has 3 heterocycles. The molecule has 6 nitrogen and oxygen atoms in total. The van der Waals surface area contributed by atoms with Gasteiger partial charge in [-0.1, -0.05) is 23.5 Å². The molecule has 0 saturated carbocycles. The highest BCUT2D eigenvalue weighted by molar-refractivity contribution is 7.22. The van der Waals surface area contributed by atoms with Gasteiger partial charge in [0.2, 0.25) is 11.0 Å². The summed E-state index contributed by atoms with van der Waals surface area (Å²) < 4.78 is 1.21. The van der Waals surface area contributed by atoms with Crippen molar-refractivity contribution in [3.8, 4) is 0 Å². The Hall–Kier alpha value is -1.96. The van der Waals surface area contributed by atoms with Crippen LogP contribution in [0.15, 0.2) is 36.0 Å². The molecule has 1 N–H and O–H groups in total. The van der Waals surface area contributed by atoms with E-state index in [1.54, 1.807) is 18.3 Å². The van der Waals surface area contributed by atoms with Crippen molar-refractivity contribution in [3.63, 3.8) is 0 Å². The summed E-state index contributed by atoms with van der Waals surface area (Å²) in [6, 6.07) is 8.59. The van der Waals surface area contributed by atoms with Crippen molar-refractivity contribution >= 4 is 32.6 Å². The predicted octanol–water partition coefficient (Wildman–Crippen LogP) is 2.45. The molecule has 1 saturated heterocycles. The molecule has 1 atom stereocenters. The van der Waals surface area contributed by atoms with Crippen LogP contribution in [0.5, 0.6) is 0 Å². The van der Waals surface area contributed by atoms with Crippen LogP contribution < -0.4 is 10.4 Å². The van der Waals surface area contributed by atoms with Crippen LogP contribution in [0.4, 0.5) is 5.13 Å². The third-order valence-corrected chi connectivity index (χ3v) is 6.25. The molecule has 2 aliphatic heterocycles. The number of piperazine rings is 1. The second-order valence-corrected chi connectivity index (χ2v) is 8.03. The maximum absolute atomic E-state index is 11.4. The van der Waals surface area contributed by atoms with Crippen molar-refractivity contribution in [2.75, 3.05) is 37.7 Å². The van der Waals surface area contributed by atoms with Gasteiger partial charge in [0.05, 0.1) is 16.3 Å². The summed E-state index contributed by atoms with van der Waals surface area (Å²) in [4.78, 5) is 20.5. The van der Waals surface area contributed by atoms with E-state index >= 15 is 0 Å². The van der Waals surface area contributed by atoms with Crippen molar-refractivity contribution < 1.29 is 4.79 Å². The third-order valence-electron chi connectivity index (χ3n) is 5.22. The summed E-state index contributed by atoms with van der Waals surface area (Å²) in [7, 11) is 0. The molecule has 1 aromatic carbocycles. The number of amides is 1. The fraction of sp³-hybridized carbons (Fsp3) is 0.474. The van der Waals surface area contributed by atoms with E-state index in [1.807, 2.05) is 11.0 Å². The number of benzene rings is 1. The Bertz CT molecular complexity index is 791. The smallest absolute Gasteiger partial charge is 0.219 e. The van der Waals surface area contributed by atoms with Crippen LogP contribution in [0.2, 0.25) is 0 Å². The summed E-state index contributed by atoms with van der Waals surface area (Å²) >= 11 is 1.71. The van der Waals surface area contributed by atoms with Gasteiger partial charge in [0.25, 0.3) is 0 Å². The molecule has 2 aromatic rings. The third kappa shape index (κ3) is 3.60. The number of thiazole rings is 1. The topological polar surface area (TPSA) is 51.7 Å². The average Bonchev–Trinajstić information content (AvgIpc) is 3.23. The van der Waals surface area contributed by atoms with Gasteiger partial charge in [0.15, 0.2) is 0 Å². The molecule has 2 aliphatic rings. The van der Waals surface area contributed by atoms with E-state index in [0.29, 0.717) is 6.04 Å². The van der Waals surface area contributed by atoms with Gasteiger partial charge in [-0.3, -0.25) is 14.7 Å². The molecule has 138 valence electrons. The number of rotatable bonds is 4. The Morgan fingerprint density at radius 1 is 1.27 bits per heavy atom. The summed E-state index contributed by atoms with van der Waals surface area (Å²) in [6.07, 6.45) is 3.22. The minimum Gasteiger partial charge on any atom is -0.340 e. The number of nitrogens with zero attached hydrogens (tertiary/aromatic N) is 4. The first kappa shape index (κ1) is 17.5. The predicted molar refractivity (Wildman–Crippen MR) is 106 cm³/mol. The van der Waals surface area contributed by atoms with E-state index in [1.165, 1.54) is 10.3 Å². The number of para-hydroxylation sites is 1. The van der Waals surface area contributed by atoms with E-state index in [2.05, 4.69) is 46.7 Å². The number of hydrogen-bond acceptors (Lipinski definition) is 6. The number of carbonyl (C=O) groups excluding carboxylic acids is 1. The van der Waals surface area contributed by atoms with Crippen LogP contribution in [-0.4, -0.2) is 59.5 Å². The molecule has 4 rings (SSSR count). The van der Waals surface area contributed by atoms with Gasteiger partial charge in [-0.05, 0) is 31.1 Å². The van der Waals surface area contributed by atoms with Crippen LogP contribution in [-0.2, 0) is 4.79 Å². The van der Waals surface area contributed by atoms with Gasteiger partial charge in [-0.25, -0.2) is 10.4 Å². The number of hydrogen-bond donors (Lipinski definition) is 1. The lowest BCUT2D eigenvalue weighted by Crippen LogP contribution is -2.49. The summed E-state index contributed by atoms with van der Waals surface area (Å²) in [6.45, 7) is 8.51. The minimum atomic E-state index is 0.187. The average molecular weight is 372 g/mol. The molecule has 1 amide bonds. The SMILES string of the molecule is CC(=O)N1CCN(CCC2NN(c3nc4ccccc4s3)C=C2C)CC1. The number of fused-ring (bicyclic) bond motifs is 1. The highest BCUT2D eigenvalue weighted by atomic mass is 32.1. The van der Waals surface area contributed by atoms with Gasteiger partial charge in [-0.2, -0.15) is 0 Å². The molecule has 0 bridgehead atoms. The van der Waals surface area contributed by atoms with E-state index in [0.717, 1.165) is 49.8 Å². The highest BCUT2D eigenvalue weighted by Crippen LogP contribution is 2.30. The maximum Gasteiger partial charge on any atom is 0.219 e. The fourth-order valence-electron chi connectivity index (χ4n) is 3.56. The van der Waals surface area contributed by atoms with Gasteiger partial charge in [-0.15, -0.1) is 0 Å². The standard InChI is InChI=1S/C19H25N5OS/c1-14-13-24(19-20-17-5-3-4-6-18(17)26-19)21-16(14)7-8-22-9-11-23(12-10-22)15(2)25/h3-6,13,16,21H,7-12H2,1-2H3. The van der Waals surface area contributed by atoms with Gasteiger partial charge < -0.3 is 4.90 Å². The molecule has 7 heteroatoms. The van der Waals surface area contributed by atoms with Crippen molar-refractivity contribution in [2.45, 2.75) is 26.3 Å². The molecule has 0 spiro atoms. The van der Waals surface area contributed by atoms with Crippen LogP contribution in [0.1, 0.15) is 20.3 Å². The Labute approximate surface area is 158 Å². The first-order chi connectivity index (χ1) is 12.6. The summed E-state index contributed by atoms with van der Waals surface area (Å²) in [5.41, 5.74) is 5.97. The normalized spacial score (nSPS) is 21.5. The van der Waals surface area contributed by atoms with Crippen molar-refractivity contribution in [2.24, 2.45) is 0 Å². The quantitative estimate of drug-likeness (QED) is 0.895. The second-order valence-electron chi connectivity index (χ2n) is 7.03. The van der Waals surface area contributed by atoms with Gasteiger partial charge in [0, 0.05) is 45.8 Å². The first-order valence-electron chi connectivity index (χ1n) is 9.17. The summed E-state index contributed by atoms with van der Waals surface area (Å²) in [5.74, 6) is 0.187. The van der Waals surface area contributed by atoms with Crippen LogP contribution in [0.25, 0.3) is 10.2 Å². The molecular weight excluding hydrogens is 346 g/mol. The zero-order chi connectivity index (χ0) is 18.1. The molecule has 26 heavy (non-hydrogen) atoms. The molecular formula is C19H25N5OS. The molecule has 0 radical (unpaired) electrons. The highest BCUT2D eigenvalue weighted by Gasteiger charge is 2.25.